The summed E-state index contributed by atoms with van der Waals surface area (Å²) in [5, 5.41) is 8.87. The number of rotatable bonds is 4. The van der Waals surface area contributed by atoms with Crippen LogP contribution >= 0.6 is 0 Å². The highest BCUT2D eigenvalue weighted by Crippen LogP contribution is 2.35. The fourth-order valence-electron chi connectivity index (χ4n) is 1.03. The molecule has 102 valence electrons. The molecule has 0 fully saturated rings. The maximum Gasteiger partial charge on any atom is 0.425 e. The van der Waals surface area contributed by atoms with Crippen molar-refractivity contribution >= 4 is 0 Å². The van der Waals surface area contributed by atoms with Crippen LogP contribution in [0, 0.1) is 0 Å². The molecule has 0 heterocycles. The van der Waals surface area contributed by atoms with Crippen molar-refractivity contribution < 1.29 is 36.2 Å². The first-order valence-electron chi connectivity index (χ1n) is 4.63. The number of ether oxygens (including phenoxy) is 1. The number of aromatic hydroxyl groups is 1. The third-order valence-corrected chi connectivity index (χ3v) is 1.93. The standard InChI is InChI=1S/C10H8F6O2/c11-8(10(14,15)16)9(12,13)5-18-7-3-1-6(17)2-4-7/h1-4,8,17H,5H2/t8-/m0/s1. The van der Waals surface area contributed by atoms with E-state index in [1.165, 1.54) is 0 Å². The van der Waals surface area contributed by atoms with Crippen molar-refractivity contribution in [1.29, 1.82) is 0 Å². The van der Waals surface area contributed by atoms with Crippen LogP contribution in [0.2, 0.25) is 0 Å². The summed E-state index contributed by atoms with van der Waals surface area (Å²) in [6, 6.07) is 4.30. The number of hydrogen-bond donors (Lipinski definition) is 1. The minimum absolute atomic E-state index is 0.173. The maximum atomic E-state index is 12.8. The van der Waals surface area contributed by atoms with Crippen molar-refractivity contribution in [2.45, 2.75) is 18.3 Å². The second-order valence-corrected chi connectivity index (χ2v) is 3.45. The van der Waals surface area contributed by atoms with Gasteiger partial charge in [-0.2, -0.15) is 22.0 Å². The van der Waals surface area contributed by atoms with Crippen molar-refractivity contribution in [3.63, 3.8) is 0 Å². The Morgan fingerprint density at radius 3 is 2.00 bits per heavy atom. The molecule has 0 bridgehead atoms. The zero-order valence-electron chi connectivity index (χ0n) is 8.72. The predicted octanol–water partition coefficient (Wildman–Crippen LogP) is 3.31. The molecule has 0 aliphatic rings. The van der Waals surface area contributed by atoms with E-state index in [4.69, 9.17) is 5.11 Å². The maximum absolute atomic E-state index is 12.8. The molecule has 1 atom stereocenters. The van der Waals surface area contributed by atoms with Crippen LogP contribution in [0.4, 0.5) is 26.3 Å². The molecule has 0 aliphatic carbocycles. The average Bonchev–Trinajstić information content (AvgIpc) is 2.26. The van der Waals surface area contributed by atoms with Gasteiger partial charge in [0, 0.05) is 0 Å². The summed E-state index contributed by atoms with van der Waals surface area (Å²) in [4.78, 5) is 0. The van der Waals surface area contributed by atoms with Crippen LogP contribution in [0.5, 0.6) is 11.5 Å². The number of halogens is 6. The van der Waals surface area contributed by atoms with Crippen LogP contribution in [0.15, 0.2) is 24.3 Å². The zero-order valence-corrected chi connectivity index (χ0v) is 8.72. The Labute approximate surface area is 97.8 Å². The highest BCUT2D eigenvalue weighted by atomic mass is 19.4. The molecule has 18 heavy (non-hydrogen) atoms. The molecule has 0 saturated heterocycles. The van der Waals surface area contributed by atoms with E-state index < -0.39 is 24.9 Å². The monoisotopic (exact) mass is 274 g/mol. The topological polar surface area (TPSA) is 29.5 Å². The molecule has 0 unspecified atom stereocenters. The first-order valence-corrected chi connectivity index (χ1v) is 4.63. The molecule has 0 aromatic heterocycles. The number of phenols is 1. The van der Waals surface area contributed by atoms with Gasteiger partial charge in [0.2, 0.25) is 0 Å². The fourth-order valence-corrected chi connectivity index (χ4v) is 1.03. The third-order valence-electron chi connectivity index (χ3n) is 1.93. The van der Waals surface area contributed by atoms with E-state index in [1.807, 2.05) is 0 Å². The van der Waals surface area contributed by atoms with E-state index in [0.29, 0.717) is 0 Å². The Balaban J connectivity index is 2.64. The molecule has 0 radical (unpaired) electrons. The van der Waals surface area contributed by atoms with Crippen molar-refractivity contribution in [3.05, 3.63) is 24.3 Å². The lowest BCUT2D eigenvalue weighted by molar-refractivity contribution is -0.250. The lowest BCUT2D eigenvalue weighted by atomic mass is 10.2. The van der Waals surface area contributed by atoms with Gasteiger partial charge in [-0.1, -0.05) is 0 Å². The molecular weight excluding hydrogens is 266 g/mol. The van der Waals surface area contributed by atoms with Crippen LogP contribution in [-0.2, 0) is 0 Å². The molecule has 0 aliphatic heterocycles. The number of benzene rings is 1. The van der Waals surface area contributed by atoms with Gasteiger partial charge >= 0.3 is 12.1 Å². The van der Waals surface area contributed by atoms with E-state index in [0.717, 1.165) is 24.3 Å². The molecule has 1 N–H and O–H groups in total. The summed E-state index contributed by atoms with van der Waals surface area (Å²) in [5.74, 6) is -5.06. The molecule has 1 aromatic carbocycles. The van der Waals surface area contributed by atoms with Crippen molar-refractivity contribution in [1.82, 2.24) is 0 Å². The van der Waals surface area contributed by atoms with Gasteiger partial charge in [0.25, 0.3) is 6.17 Å². The van der Waals surface area contributed by atoms with E-state index >= 15 is 0 Å². The summed E-state index contributed by atoms with van der Waals surface area (Å²) < 4.78 is 77.8. The second kappa shape index (κ2) is 4.95. The summed E-state index contributed by atoms with van der Waals surface area (Å²) in [7, 11) is 0. The van der Waals surface area contributed by atoms with Gasteiger partial charge in [-0.05, 0) is 24.3 Å². The van der Waals surface area contributed by atoms with Crippen LogP contribution in [0.3, 0.4) is 0 Å². The first-order chi connectivity index (χ1) is 8.13. The second-order valence-electron chi connectivity index (χ2n) is 3.45. The summed E-state index contributed by atoms with van der Waals surface area (Å²) in [6.45, 7) is -1.75. The molecule has 0 saturated carbocycles. The predicted molar refractivity (Wildman–Crippen MR) is 49.5 cm³/mol. The Kier molecular flexibility index (Phi) is 3.98. The van der Waals surface area contributed by atoms with Gasteiger partial charge in [0.1, 0.15) is 11.5 Å². The van der Waals surface area contributed by atoms with Crippen molar-refractivity contribution in [3.8, 4) is 11.5 Å². The molecule has 2 nitrogen and oxygen atoms in total. The Morgan fingerprint density at radius 2 is 1.56 bits per heavy atom. The molecular formula is C10H8F6O2. The van der Waals surface area contributed by atoms with Crippen molar-refractivity contribution in [2.24, 2.45) is 0 Å². The lowest BCUT2D eigenvalue weighted by Crippen LogP contribution is -2.45. The summed E-state index contributed by atoms with van der Waals surface area (Å²) >= 11 is 0. The SMILES string of the molecule is Oc1ccc(OCC(F)(F)[C@H](F)C(F)(F)F)cc1. The van der Waals surface area contributed by atoms with Gasteiger partial charge in [0.15, 0.2) is 6.61 Å². The van der Waals surface area contributed by atoms with Gasteiger partial charge in [0.05, 0.1) is 0 Å². The van der Waals surface area contributed by atoms with Crippen molar-refractivity contribution in [2.75, 3.05) is 6.61 Å². The summed E-state index contributed by atoms with van der Waals surface area (Å²) in [5.41, 5.74) is 0. The Morgan fingerprint density at radius 1 is 1.06 bits per heavy atom. The Hall–Kier alpha value is -1.60. The van der Waals surface area contributed by atoms with E-state index in [9.17, 15) is 26.3 Å². The largest absolute Gasteiger partial charge is 0.508 e. The van der Waals surface area contributed by atoms with Gasteiger partial charge in [-0.15, -0.1) is 0 Å². The van der Waals surface area contributed by atoms with Gasteiger partial charge < -0.3 is 9.84 Å². The van der Waals surface area contributed by atoms with Crippen LogP contribution in [0.1, 0.15) is 0 Å². The van der Waals surface area contributed by atoms with E-state index in [-0.39, 0.29) is 11.5 Å². The normalized spacial score (nSPS) is 14.3. The highest BCUT2D eigenvalue weighted by molar-refractivity contribution is 5.30. The minimum Gasteiger partial charge on any atom is -0.508 e. The third kappa shape index (κ3) is 3.71. The van der Waals surface area contributed by atoms with Gasteiger partial charge in [-0.25, -0.2) is 4.39 Å². The lowest BCUT2D eigenvalue weighted by Gasteiger charge is -2.22. The smallest absolute Gasteiger partial charge is 0.425 e. The summed E-state index contributed by atoms with van der Waals surface area (Å²) in [6.07, 6.45) is -9.94. The first kappa shape index (κ1) is 14.5. The fraction of sp³-hybridized carbons (Fsp3) is 0.400. The van der Waals surface area contributed by atoms with Crippen LogP contribution in [-0.4, -0.2) is 30.0 Å². The van der Waals surface area contributed by atoms with E-state index in [1.54, 1.807) is 0 Å². The molecule has 0 spiro atoms. The average molecular weight is 274 g/mol. The number of phenolic OH excluding ortho intramolecular Hbond substituents is 1. The number of alkyl halides is 6. The molecule has 0 amide bonds. The van der Waals surface area contributed by atoms with E-state index in [2.05, 4.69) is 4.74 Å². The highest BCUT2D eigenvalue weighted by Gasteiger charge is 2.57. The molecule has 1 aromatic rings. The molecule has 1 rings (SSSR count). The van der Waals surface area contributed by atoms with Crippen LogP contribution < -0.4 is 4.74 Å². The minimum atomic E-state index is -5.65. The Bertz CT molecular complexity index is 386. The zero-order chi connectivity index (χ0) is 14.0. The molecule has 8 heteroatoms. The van der Waals surface area contributed by atoms with Gasteiger partial charge in [-0.3, -0.25) is 0 Å². The quantitative estimate of drug-likeness (QED) is 0.853. The van der Waals surface area contributed by atoms with Crippen LogP contribution in [0.25, 0.3) is 0 Å². The number of hydrogen-bond acceptors (Lipinski definition) is 2.